The van der Waals surface area contributed by atoms with Crippen LogP contribution < -0.4 is 0 Å². The van der Waals surface area contributed by atoms with Gasteiger partial charge in [-0.05, 0) is 0 Å². The lowest BCUT2D eigenvalue weighted by Crippen LogP contribution is -2.12. The monoisotopic (exact) mass is 240 g/mol. The molecule has 0 unspecified atom stereocenters. The summed E-state index contributed by atoms with van der Waals surface area (Å²) in [5, 5.41) is 8.90. The van der Waals surface area contributed by atoms with Crippen LogP contribution in [0.25, 0.3) is 0 Å². The van der Waals surface area contributed by atoms with E-state index < -0.39 is 12.4 Å². The van der Waals surface area contributed by atoms with Crippen molar-refractivity contribution in [2.45, 2.75) is 0 Å². The van der Waals surface area contributed by atoms with Crippen LogP contribution in [0.4, 0.5) is 0 Å². The molecule has 0 amide bonds. The molecule has 90 valence electrons. The molecule has 1 N–H and O–H groups in total. The van der Waals surface area contributed by atoms with Crippen molar-refractivity contribution in [3.8, 4) is 0 Å². The molecule has 0 aliphatic carbocycles. The van der Waals surface area contributed by atoms with Gasteiger partial charge in [0.2, 0.25) is 0 Å². The Balaban J connectivity index is 2.46. The summed E-state index contributed by atoms with van der Waals surface area (Å²) in [5.74, 6) is -0.664. The van der Waals surface area contributed by atoms with E-state index in [0.717, 1.165) is 0 Å². The first-order valence-electron chi connectivity index (χ1n) is 5.57. The van der Waals surface area contributed by atoms with E-state index in [1.54, 1.807) is 48.5 Å². The zero-order chi connectivity index (χ0) is 13.0. The minimum Gasteiger partial charge on any atom is -0.388 e. The highest BCUT2D eigenvalue weighted by molar-refractivity contribution is 6.15. The zero-order valence-corrected chi connectivity index (χ0v) is 9.67. The van der Waals surface area contributed by atoms with Gasteiger partial charge in [-0.25, -0.2) is 0 Å². The van der Waals surface area contributed by atoms with E-state index in [9.17, 15) is 9.59 Å². The van der Waals surface area contributed by atoms with Crippen molar-refractivity contribution in [1.82, 2.24) is 0 Å². The number of carbonyl (C=O) groups is 2. The molecular weight excluding hydrogens is 228 g/mol. The van der Waals surface area contributed by atoms with E-state index in [-0.39, 0.29) is 11.3 Å². The van der Waals surface area contributed by atoms with Gasteiger partial charge in [-0.2, -0.15) is 0 Å². The van der Waals surface area contributed by atoms with E-state index in [1.165, 1.54) is 0 Å². The van der Waals surface area contributed by atoms with Gasteiger partial charge in [0.1, 0.15) is 6.61 Å². The van der Waals surface area contributed by atoms with Crippen LogP contribution in [0.15, 0.2) is 54.6 Å². The highest BCUT2D eigenvalue weighted by atomic mass is 16.3. The Morgan fingerprint density at radius 3 is 2.00 bits per heavy atom. The molecule has 0 aliphatic rings. The molecule has 0 atom stereocenters. The minimum absolute atomic E-state index is 0.215. The summed E-state index contributed by atoms with van der Waals surface area (Å²) in [6, 6.07) is 15.3. The summed E-state index contributed by atoms with van der Waals surface area (Å²) in [6.07, 6.45) is 0. The molecule has 0 saturated carbocycles. The molecule has 0 saturated heterocycles. The molecule has 0 heterocycles. The topological polar surface area (TPSA) is 54.4 Å². The van der Waals surface area contributed by atoms with Crippen LogP contribution in [0, 0.1) is 0 Å². The summed E-state index contributed by atoms with van der Waals surface area (Å²) in [6.45, 7) is -0.598. The van der Waals surface area contributed by atoms with Crippen LogP contribution in [0.2, 0.25) is 0 Å². The predicted octanol–water partition coefficient (Wildman–Crippen LogP) is 2.09. The first kappa shape index (κ1) is 12.2. The van der Waals surface area contributed by atoms with Crippen LogP contribution in [-0.4, -0.2) is 23.3 Å². The first-order chi connectivity index (χ1) is 8.74. The Morgan fingerprint density at radius 2 is 1.39 bits per heavy atom. The maximum Gasteiger partial charge on any atom is 0.193 e. The molecule has 0 aliphatic heterocycles. The number of benzene rings is 2. The van der Waals surface area contributed by atoms with Gasteiger partial charge in [0.05, 0.1) is 0 Å². The summed E-state index contributed by atoms with van der Waals surface area (Å²) < 4.78 is 0. The molecular formula is C15H12O3. The summed E-state index contributed by atoms with van der Waals surface area (Å²) in [4.78, 5) is 23.8. The molecule has 0 fully saturated rings. The second kappa shape index (κ2) is 5.38. The molecule has 3 nitrogen and oxygen atoms in total. The maximum absolute atomic E-state index is 12.3. The van der Waals surface area contributed by atoms with Gasteiger partial charge < -0.3 is 5.11 Å². The van der Waals surface area contributed by atoms with Gasteiger partial charge in [-0.1, -0.05) is 54.6 Å². The molecule has 3 heteroatoms. The fourth-order valence-corrected chi connectivity index (χ4v) is 1.75. The normalized spacial score (nSPS) is 10.1. The fourth-order valence-electron chi connectivity index (χ4n) is 1.75. The zero-order valence-electron chi connectivity index (χ0n) is 9.67. The van der Waals surface area contributed by atoms with E-state index in [1.807, 2.05) is 6.07 Å². The molecule has 2 aromatic rings. The molecule has 2 rings (SSSR count). The van der Waals surface area contributed by atoms with Crippen molar-refractivity contribution in [1.29, 1.82) is 0 Å². The third-order valence-corrected chi connectivity index (χ3v) is 2.65. The van der Waals surface area contributed by atoms with E-state index in [2.05, 4.69) is 0 Å². The van der Waals surface area contributed by atoms with Crippen molar-refractivity contribution in [3.63, 3.8) is 0 Å². The van der Waals surface area contributed by atoms with E-state index >= 15 is 0 Å². The fraction of sp³-hybridized carbons (Fsp3) is 0.0667. The van der Waals surface area contributed by atoms with Gasteiger partial charge in [-0.15, -0.1) is 0 Å². The molecule has 0 bridgehead atoms. The Kier molecular flexibility index (Phi) is 3.65. The number of aliphatic hydroxyl groups is 1. The molecule has 0 spiro atoms. The van der Waals surface area contributed by atoms with Gasteiger partial charge in [0.25, 0.3) is 0 Å². The Bertz CT molecular complexity index is 573. The van der Waals surface area contributed by atoms with Crippen LogP contribution in [0.5, 0.6) is 0 Å². The lowest BCUT2D eigenvalue weighted by Gasteiger charge is -2.06. The number of ketones is 2. The highest BCUT2D eigenvalue weighted by Crippen LogP contribution is 2.15. The molecule has 0 radical (unpaired) electrons. The Labute approximate surface area is 105 Å². The molecule has 2 aromatic carbocycles. The second-order valence-corrected chi connectivity index (χ2v) is 3.82. The van der Waals surface area contributed by atoms with Crippen molar-refractivity contribution in [2.75, 3.05) is 6.61 Å². The van der Waals surface area contributed by atoms with Crippen LogP contribution in [0.1, 0.15) is 26.3 Å². The van der Waals surface area contributed by atoms with Crippen molar-refractivity contribution in [3.05, 3.63) is 71.3 Å². The molecule has 18 heavy (non-hydrogen) atoms. The maximum atomic E-state index is 12.3. The lowest BCUT2D eigenvalue weighted by atomic mass is 9.96. The quantitative estimate of drug-likeness (QED) is 0.832. The number of rotatable bonds is 4. The average Bonchev–Trinajstić information content (AvgIpc) is 2.46. The minimum atomic E-state index is -0.598. The summed E-state index contributed by atoms with van der Waals surface area (Å²) in [5.41, 5.74) is 1.10. The van der Waals surface area contributed by atoms with E-state index in [0.29, 0.717) is 11.1 Å². The van der Waals surface area contributed by atoms with Crippen LogP contribution in [0.3, 0.4) is 0 Å². The Morgan fingerprint density at radius 1 is 0.833 bits per heavy atom. The van der Waals surface area contributed by atoms with Crippen LogP contribution in [-0.2, 0) is 0 Å². The van der Waals surface area contributed by atoms with Gasteiger partial charge in [0.15, 0.2) is 11.6 Å². The van der Waals surface area contributed by atoms with Gasteiger partial charge in [-0.3, -0.25) is 9.59 Å². The van der Waals surface area contributed by atoms with Crippen molar-refractivity contribution < 1.29 is 14.7 Å². The summed E-state index contributed by atoms with van der Waals surface area (Å²) in [7, 11) is 0. The number of carbonyl (C=O) groups excluding carboxylic acids is 2. The first-order valence-corrected chi connectivity index (χ1v) is 5.57. The average molecular weight is 240 g/mol. The number of hydrogen-bond acceptors (Lipinski definition) is 3. The van der Waals surface area contributed by atoms with Crippen LogP contribution >= 0.6 is 0 Å². The predicted molar refractivity (Wildman–Crippen MR) is 67.7 cm³/mol. The second-order valence-electron chi connectivity index (χ2n) is 3.82. The Hall–Kier alpha value is -2.26. The third-order valence-electron chi connectivity index (χ3n) is 2.65. The number of hydrogen-bond donors (Lipinski definition) is 1. The SMILES string of the molecule is O=C(CO)c1ccccc1C(=O)c1ccccc1. The highest BCUT2D eigenvalue weighted by Gasteiger charge is 2.16. The van der Waals surface area contributed by atoms with Gasteiger partial charge >= 0.3 is 0 Å². The number of aliphatic hydroxyl groups excluding tert-OH is 1. The largest absolute Gasteiger partial charge is 0.388 e. The third kappa shape index (κ3) is 2.36. The summed E-state index contributed by atoms with van der Waals surface area (Å²) >= 11 is 0. The van der Waals surface area contributed by atoms with Gasteiger partial charge in [0, 0.05) is 16.7 Å². The number of Topliss-reactive ketones (excluding diaryl/α,β-unsaturated/α-hetero) is 1. The standard InChI is InChI=1S/C15H12O3/c16-10-14(17)12-8-4-5-9-13(12)15(18)11-6-2-1-3-7-11/h1-9,16H,10H2. The van der Waals surface area contributed by atoms with Crippen molar-refractivity contribution in [2.24, 2.45) is 0 Å². The smallest absolute Gasteiger partial charge is 0.193 e. The van der Waals surface area contributed by atoms with E-state index in [4.69, 9.17) is 5.11 Å². The molecule has 0 aromatic heterocycles. The van der Waals surface area contributed by atoms with Crippen molar-refractivity contribution >= 4 is 11.6 Å². The lowest BCUT2D eigenvalue weighted by molar-refractivity contribution is 0.0896.